The lowest BCUT2D eigenvalue weighted by Gasteiger charge is -2.03. The van der Waals surface area contributed by atoms with Crippen molar-refractivity contribution in [3.8, 4) is 16.9 Å². The van der Waals surface area contributed by atoms with Gasteiger partial charge in [0.2, 0.25) is 0 Å². The van der Waals surface area contributed by atoms with E-state index >= 15 is 0 Å². The minimum atomic E-state index is -0.187. The van der Waals surface area contributed by atoms with Crippen LogP contribution in [0.3, 0.4) is 0 Å². The summed E-state index contributed by atoms with van der Waals surface area (Å²) in [5.74, 6) is 1.13. The molecule has 2 heterocycles. The third-order valence-electron chi connectivity index (χ3n) is 3.20. The number of hydrogen-bond acceptors (Lipinski definition) is 4. The summed E-state index contributed by atoms with van der Waals surface area (Å²) in [5, 5.41) is 4.27. The Morgan fingerprint density at radius 1 is 1.33 bits per heavy atom. The van der Waals surface area contributed by atoms with Gasteiger partial charge in [0.1, 0.15) is 5.82 Å². The normalized spacial score (nSPS) is 10.7. The number of anilines is 1. The molecule has 0 bridgehead atoms. The van der Waals surface area contributed by atoms with Crippen LogP contribution in [0.2, 0.25) is 0 Å². The predicted molar refractivity (Wildman–Crippen MR) is 81.2 cm³/mol. The van der Waals surface area contributed by atoms with Gasteiger partial charge in [-0.1, -0.05) is 25.1 Å². The van der Waals surface area contributed by atoms with Gasteiger partial charge in [-0.2, -0.15) is 5.10 Å². The van der Waals surface area contributed by atoms with Crippen molar-refractivity contribution in [2.24, 2.45) is 0 Å². The molecule has 0 aliphatic rings. The molecule has 6 nitrogen and oxygen atoms in total. The van der Waals surface area contributed by atoms with Gasteiger partial charge in [0.05, 0.1) is 6.20 Å². The molecule has 0 aliphatic carbocycles. The Balaban J connectivity index is 2.05. The number of rotatable bonds is 3. The zero-order chi connectivity index (χ0) is 14.8. The van der Waals surface area contributed by atoms with E-state index in [1.54, 1.807) is 10.9 Å². The van der Waals surface area contributed by atoms with E-state index in [2.05, 4.69) is 15.1 Å². The molecule has 106 valence electrons. The maximum atomic E-state index is 11.6. The first-order valence-corrected chi connectivity index (χ1v) is 6.67. The van der Waals surface area contributed by atoms with Crippen LogP contribution in [0.15, 0.2) is 47.5 Å². The van der Waals surface area contributed by atoms with E-state index in [9.17, 15) is 4.79 Å². The van der Waals surface area contributed by atoms with Crippen molar-refractivity contribution in [1.29, 1.82) is 0 Å². The Kier molecular flexibility index (Phi) is 3.27. The van der Waals surface area contributed by atoms with Gasteiger partial charge < -0.3 is 10.7 Å². The van der Waals surface area contributed by atoms with Gasteiger partial charge >= 0.3 is 0 Å². The fourth-order valence-electron chi connectivity index (χ4n) is 2.13. The van der Waals surface area contributed by atoms with Gasteiger partial charge in [-0.3, -0.25) is 4.79 Å². The lowest BCUT2D eigenvalue weighted by molar-refractivity contribution is 0.806. The third-order valence-corrected chi connectivity index (χ3v) is 3.20. The number of aromatic nitrogens is 4. The summed E-state index contributed by atoms with van der Waals surface area (Å²) in [6.07, 6.45) is 4.18. The van der Waals surface area contributed by atoms with Crippen LogP contribution in [0.1, 0.15) is 12.7 Å². The molecule has 0 atom stereocenters. The second-order valence-electron chi connectivity index (χ2n) is 4.66. The Labute approximate surface area is 121 Å². The first kappa shape index (κ1) is 13.1. The molecule has 0 spiro atoms. The summed E-state index contributed by atoms with van der Waals surface area (Å²) in [4.78, 5) is 18.7. The van der Waals surface area contributed by atoms with E-state index in [-0.39, 0.29) is 5.56 Å². The molecule has 0 saturated carbocycles. The number of nitrogen functional groups attached to an aromatic ring is 1. The molecule has 21 heavy (non-hydrogen) atoms. The fourth-order valence-corrected chi connectivity index (χ4v) is 2.13. The molecule has 6 heteroatoms. The van der Waals surface area contributed by atoms with Crippen LogP contribution >= 0.6 is 0 Å². The van der Waals surface area contributed by atoms with Crippen molar-refractivity contribution in [2.75, 3.05) is 5.73 Å². The van der Waals surface area contributed by atoms with Crippen molar-refractivity contribution in [3.05, 3.63) is 58.9 Å². The number of nitrogens with two attached hydrogens (primary N) is 1. The van der Waals surface area contributed by atoms with E-state index in [4.69, 9.17) is 5.73 Å². The minimum Gasteiger partial charge on any atom is -0.398 e. The van der Waals surface area contributed by atoms with E-state index in [1.165, 1.54) is 6.07 Å². The number of benzene rings is 1. The lowest BCUT2D eigenvalue weighted by Crippen LogP contribution is -2.13. The molecule has 0 amide bonds. The summed E-state index contributed by atoms with van der Waals surface area (Å²) < 4.78 is 1.58. The van der Waals surface area contributed by atoms with Gasteiger partial charge in [0.25, 0.3) is 5.56 Å². The highest BCUT2D eigenvalue weighted by molar-refractivity contribution is 5.75. The number of H-pyrrole nitrogens is 1. The Hall–Kier alpha value is -2.89. The molecular weight excluding hydrogens is 266 g/mol. The molecule has 0 aliphatic heterocycles. The summed E-state index contributed by atoms with van der Waals surface area (Å²) in [6, 6.07) is 9.00. The van der Waals surface area contributed by atoms with Crippen LogP contribution in [0.4, 0.5) is 5.69 Å². The van der Waals surface area contributed by atoms with Crippen molar-refractivity contribution in [1.82, 2.24) is 19.7 Å². The Morgan fingerprint density at radius 2 is 2.14 bits per heavy atom. The van der Waals surface area contributed by atoms with Crippen molar-refractivity contribution in [3.63, 3.8) is 0 Å². The highest BCUT2D eigenvalue weighted by Gasteiger charge is 2.08. The van der Waals surface area contributed by atoms with Crippen LogP contribution in [-0.2, 0) is 6.42 Å². The average Bonchev–Trinajstić information content (AvgIpc) is 2.96. The summed E-state index contributed by atoms with van der Waals surface area (Å²) in [5.41, 5.74) is 8.25. The van der Waals surface area contributed by atoms with Crippen molar-refractivity contribution >= 4 is 5.69 Å². The fraction of sp³-hybridized carbons (Fsp3) is 0.133. The van der Waals surface area contributed by atoms with Crippen LogP contribution in [-0.4, -0.2) is 19.7 Å². The minimum absolute atomic E-state index is 0.187. The number of aromatic amines is 1. The van der Waals surface area contributed by atoms with Crippen molar-refractivity contribution < 1.29 is 0 Å². The molecule has 3 N–H and O–H groups in total. The second-order valence-corrected chi connectivity index (χ2v) is 4.66. The van der Waals surface area contributed by atoms with E-state index < -0.39 is 0 Å². The molecule has 3 rings (SSSR count). The topological polar surface area (TPSA) is 89.6 Å². The first-order valence-electron chi connectivity index (χ1n) is 6.67. The molecular formula is C15H15N5O. The lowest BCUT2D eigenvalue weighted by atomic mass is 10.1. The van der Waals surface area contributed by atoms with Gasteiger partial charge in [-0.05, 0) is 6.07 Å². The number of para-hydroxylation sites is 1. The van der Waals surface area contributed by atoms with Gasteiger partial charge in [0.15, 0.2) is 5.82 Å². The van der Waals surface area contributed by atoms with Crippen molar-refractivity contribution in [2.45, 2.75) is 13.3 Å². The third kappa shape index (κ3) is 2.55. The van der Waals surface area contributed by atoms with Crippen LogP contribution in [0.25, 0.3) is 16.9 Å². The second kappa shape index (κ2) is 5.24. The van der Waals surface area contributed by atoms with E-state index in [0.717, 1.165) is 11.1 Å². The highest BCUT2D eigenvalue weighted by atomic mass is 16.1. The maximum absolute atomic E-state index is 11.6. The number of hydrogen-bond donors (Lipinski definition) is 2. The molecule has 1 aromatic carbocycles. The molecule has 2 aromatic heterocycles. The van der Waals surface area contributed by atoms with E-state index in [0.29, 0.717) is 23.8 Å². The van der Waals surface area contributed by atoms with Gasteiger partial charge in [-0.15, -0.1) is 0 Å². The van der Waals surface area contributed by atoms with Crippen LogP contribution in [0, 0.1) is 0 Å². The average molecular weight is 281 g/mol. The quantitative estimate of drug-likeness (QED) is 0.716. The van der Waals surface area contributed by atoms with E-state index in [1.807, 2.05) is 37.4 Å². The zero-order valence-corrected chi connectivity index (χ0v) is 11.6. The molecule has 0 radical (unpaired) electrons. The zero-order valence-electron chi connectivity index (χ0n) is 11.6. The molecule has 0 saturated heterocycles. The predicted octanol–water partition coefficient (Wildman–Crippen LogP) is 1.77. The first-order chi connectivity index (χ1) is 10.2. The maximum Gasteiger partial charge on any atom is 0.253 e. The van der Waals surface area contributed by atoms with Gasteiger partial charge in [0, 0.05) is 35.5 Å². The molecule has 0 fully saturated rings. The highest BCUT2D eigenvalue weighted by Crippen LogP contribution is 2.25. The summed E-state index contributed by atoms with van der Waals surface area (Å²) >= 11 is 0. The SMILES string of the molecule is CCc1nc(-n2cc(-c3ccccc3N)cn2)cc(=O)[nH]1. The van der Waals surface area contributed by atoms with Crippen LogP contribution in [0.5, 0.6) is 0 Å². The Bertz CT molecular complexity index is 834. The molecule has 0 unspecified atom stereocenters. The summed E-state index contributed by atoms with van der Waals surface area (Å²) in [6.45, 7) is 1.93. The number of nitrogens with one attached hydrogen (secondary N) is 1. The standard InChI is InChI=1S/C15H15N5O/c1-2-13-18-14(7-15(21)19-13)20-9-10(8-17-20)11-5-3-4-6-12(11)16/h3-9H,2,16H2,1H3,(H,18,19,21). The van der Waals surface area contributed by atoms with Gasteiger partial charge in [-0.25, -0.2) is 9.67 Å². The Morgan fingerprint density at radius 3 is 2.90 bits per heavy atom. The number of nitrogens with zero attached hydrogens (tertiary/aromatic N) is 3. The largest absolute Gasteiger partial charge is 0.398 e. The molecule has 3 aromatic rings. The summed E-state index contributed by atoms with van der Waals surface area (Å²) in [7, 11) is 0. The monoisotopic (exact) mass is 281 g/mol. The smallest absolute Gasteiger partial charge is 0.253 e. The number of aryl methyl sites for hydroxylation is 1. The van der Waals surface area contributed by atoms with Crippen LogP contribution < -0.4 is 11.3 Å².